The lowest BCUT2D eigenvalue weighted by molar-refractivity contribution is 0.0600. The van der Waals surface area contributed by atoms with Crippen molar-refractivity contribution in [3.8, 4) is 22.6 Å². The van der Waals surface area contributed by atoms with Gasteiger partial charge < -0.3 is 19.2 Å². The molecule has 0 spiro atoms. The highest BCUT2D eigenvalue weighted by Crippen LogP contribution is 2.25. The average molecular weight is 392 g/mol. The van der Waals surface area contributed by atoms with Crippen LogP contribution in [0, 0.1) is 0 Å². The van der Waals surface area contributed by atoms with Crippen LogP contribution in [0.3, 0.4) is 0 Å². The predicted octanol–water partition coefficient (Wildman–Crippen LogP) is 0.997. The lowest BCUT2D eigenvalue weighted by Gasteiger charge is -2.15. The van der Waals surface area contributed by atoms with Crippen LogP contribution >= 0.6 is 0 Å². The summed E-state index contributed by atoms with van der Waals surface area (Å²) in [5, 5.41) is 8.86. The number of carbonyl (C=O) groups is 2. The fourth-order valence-corrected chi connectivity index (χ4v) is 3.07. The second-order valence-corrected chi connectivity index (χ2v) is 6.14. The van der Waals surface area contributed by atoms with Crippen molar-refractivity contribution in [3.63, 3.8) is 0 Å². The number of H-pyrrole nitrogens is 1. The van der Waals surface area contributed by atoms with E-state index in [1.807, 2.05) is 0 Å². The number of aromatic nitrogens is 5. The van der Waals surface area contributed by atoms with Gasteiger partial charge in [-0.3, -0.25) is 9.59 Å². The molecule has 2 N–H and O–H groups in total. The number of nitrogens with zero attached hydrogens (tertiary/aromatic N) is 4. The van der Waals surface area contributed by atoms with Crippen molar-refractivity contribution in [1.29, 1.82) is 0 Å². The molecule has 0 aliphatic carbocycles. The highest BCUT2D eigenvalue weighted by Gasteiger charge is 2.23. The summed E-state index contributed by atoms with van der Waals surface area (Å²) in [6, 6.07) is 5.18. The van der Waals surface area contributed by atoms with Gasteiger partial charge in [0.15, 0.2) is 0 Å². The maximum absolute atomic E-state index is 12.5. The van der Waals surface area contributed by atoms with E-state index in [1.54, 1.807) is 52.3 Å². The van der Waals surface area contributed by atoms with E-state index < -0.39 is 11.5 Å². The highest BCUT2D eigenvalue weighted by molar-refractivity contribution is 5.98. The molecular formula is C19H16N6O4. The topological polar surface area (TPSA) is 124 Å². The fourth-order valence-electron chi connectivity index (χ4n) is 3.07. The van der Waals surface area contributed by atoms with Crippen molar-refractivity contribution in [3.05, 3.63) is 70.8 Å². The Labute approximate surface area is 164 Å². The number of imidazole rings is 1. The van der Waals surface area contributed by atoms with E-state index in [4.69, 9.17) is 4.74 Å². The molecule has 146 valence electrons. The summed E-state index contributed by atoms with van der Waals surface area (Å²) in [5.41, 5.74) is 1.75. The zero-order valence-electron chi connectivity index (χ0n) is 15.5. The minimum Gasteiger partial charge on any atom is -0.465 e. The van der Waals surface area contributed by atoms with Crippen LogP contribution in [-0.2, 0) is 4.74 Å². The lowest BCUT2D eigenvalue weighted by Crippen LogP contribution is -2.20. The minimum atomic E-state index is -0.627. The Kier molecular flexibility index (Phi) is 4.43. The maximum Gasteiger partial charge on any atom is 0.341 e. The number of carbonyl (C=O) groups excluding carboxylic acids is 2. The Morgan fingerprint density at radius 2 is 2.00 bits per heavy atom. The fraction of sp³-hybridized carbons (Fsp3) is 0.105. The number of hydrogen-bond acceptors (Lipinski definition) is 6. The first-order chi connectivity index (χ1) is 14.0. The first kappa shape index (κ1) is 18.2. The number of rotatable bonds is 4. The molecule has 3 heterocycles. The molecule has 1 aromatic heterocycles. The molecule has 0 saturated carbocycles. The van der Waals surface area contributed by atoms with Gasteiger partial charge in [-0.1, -0.05) is 0 Å². The van der Waals surface area contributed by atoms with Gasteiger partial charge in [-0.2, -0.15) is 5.10 Å². The standard InChI is InChI=1S/C19H16N6O4/c1-20-17(26)12-7-11(3-4-15(12)24-6-5-21-10-24)25-8-13-16(22-23-18(13)27)14(9-25)19(28)29-2/h3-10H,1-2H3,(H,20,26)(H,23,27). The molecule has 1 aromatic carbocycles. The van der Waals surface area contributed by atoms with Crippen LogP contribution in [0.5, 0.6) is 0 Å². The van der Waals surface area contributed by atoms with Crippen LogP contribution in [0.4, 0.5) is 0 Å². The number of amides is 1. The molecular weight excluding hydrogens is 376 g/mol. The van der Waals surface area contributed by atoms with Crippen LogP contribution in [0.25, 0.3) is 22.6 Å². The molecule has 0 fully saturated rings. The Hall–Kier alpha value is -4.21. The van der Waals surface area contributed by atoms with E-state index in [0.717, 1.165) is 0 Å². The smallest absolute Gasteiger partial charge is 0.341 e. The normalized spacial score (nSPS) is 10.8. The largest absolute Gasteiger partial charge is 0.465 e. The first-order valence-electron chi connectivity index (χ1n) is 8.57. The van der Waals surface area contributed by atoms with Crippen molar-refractivity contribution in [2.75, 3.05) is 14.2 Å². The number of fused-ring (bicyclic) bond motifs is 1. The van der Waals surface area contributed by atoms with Gasteiger partial charge in [0.1, 0.15) is 11.3 Å². The first-order valence-corrected chi connectivity index (χ1v) is 8.57. The van der Waals surface area contributed by atoms with E-state index >= 15 is 0 Å². The van der Waals surface area contributed by atoms with Crippen molar-refractivity contribution in [1.82, 2.24) is 29.6 Å². The van der Waals surface area contributed by atoms with E-state index in [9.17, 15) is 14.4 Å². The Balaban J connectivity index is 1.93. The summed E-state index contributed by atoms with van der Waals surface area (Å²) in [6.07, 6.45) is 7.99. The molecule has 2 aliphatic heterocycles. The van der Waals surface area contributed by atoms with Crippen molar-refractivity contribution in [2.45, 2.75) is 0 Å². The summed E-state index contributed by atoms with van der Waals surface area (Å²) in [5.74, 6) is -0.921. The number of nitrogens with one attached hydrogen (secondary N) is 2. The number of pyridine rings is 1. The van der Waals surface area contributed by atoms with E-state index in [1.165, 1.54) is 20.4 Å². The maximum atomic E-state index is 12.5. The van der Waals surface area contributed by atoms with Gasteiger partial charge in [-0.15, -0.1) is 0 Å². The third-order valence-electron chi connectivity index (χ3n) is 4.50. The van der Waals surface area contributed by atoms with E-state index in [0.29, 0.717) is 16.9 Å². The molecule has 2 aliphatic rings. The van der Waals surface area contributed by atoms with Crippen LogP contribution in [0.1, 0.15) is 20.7 Å². The van der Waals surface area contributed by atoms with Crippen LogP contribution < -0.4 is 10.9 Å². The average Bonchev–Trinajstić information content (AvgIpc) is 3.42. The highest BCUT2D eigenvalue weighted by atomic mass is 16.5. The zero-order chi connectivity index (χ0) is 20.5. The molecule has 10 nitrogen and oxygen atoms in total. The predicted molar refractivity (Wildman–Crippen MR) is 103 cm³/mol. The SMILES string of the molecule is CNC(=O)c1cc(-n2cc(C(=O)OC)c3n[nH]c(=O)c-3c2)ccc1-n1ccnc1. The molecule has 0 bridgehead atoms. The van der Waals surface area contributed by atoms with E-state index in [-0.39, 0.29) is 22.7 Å². The summed E-state index contributed by atoms with van der Waals surface area (Å²) in [4.78, 5) is 40.8. The molecule has 1 amide bonds. The number of hydrogen-bond donors (Lipinski definition) is 2. The van der Waals surface area contributed by atoms with Gasteiger partial charge in [0.05, 0.1) is 30.3 Å². The van der Waals surface area contributed by atoms with Crippen LogP contribution in [-0.4, -0.2) is 50.3 Å². The summed E-state index contributed by atoms with van der Waals surface area (Å²) in [6.45, 7) is 0. The summed E-state index contributed by atoms with van der Waals surface area (Å²) in [7, 11) is 2.79. The minimum absolute atomic E-state index is 0.128. The Bertz CT molecular complexity index is 1240. The van der Waals surface area contributed by atoms with Gasteiger partial charge in [-0.05, 0) is 18.2 Å². The molecule has 10 heteroatoms. The Morgan fingerprint density at radius 1 is 1.17 bits per heavy atom. The molecule has 0 unspecified atom stereocenters. The van der Waals surface area contributed by atoms with Gasteiger partial charge in [0, 0.05) is 37.5 Å². The van der Waals surface area contributed by atoms with Gasteiger partial charge in [-0.25, -0.2) is 14.9 Å². The number of methoxy groups -OCH3 is 1. The molecule has 0 saturated heterocycles. The third-order valence-corrected chi connectivity index (χ3v) is 4.50. The second-order valence-electron chi connectivity index (χ2n) is 6.14. The number of benzene rings is 1. The van der Waals surface area contributed by atoms with Crippen molar-refractivity contribution in [2.24, 2.45) is 0 Å². The lowest BCUT2D eigenvalue weighted by atomic mass is 10.1. The van der Waals surface area contributed by atoms with Gasteiger partial charge in [0.2, 0.25) is 0 Å². The van der Waals surface area contributed by atoms with Crippen molar-refractivity contribution < 1.29 is 14.3 Å². The molecule has 2 aromatic rings. The van der Waals surface area contributed by atoms with E-state index in [2.05, 4.69) is 20.5 Å². The monoisotopic (exact) mass is 392 g/mol. The molecule has 29 heavy (non-hydrogen) atoms. The van der Waals surface area contributed by atoms with Crippen LogP contribution in [0.15, 0.2) is 54.1 Å². The zero-order valence-corrected chi connectivity index (χ0v) is 15.5. The summed E-state index contributed by atoms with van der Waals surface area (Å²) < 4.78 is 8.10. The third kappa shape index (κ3) is 3.06. The van der Waals surface area contributed by atoms with Crippen molar-refractivity contribution >= 4 is 11.9 Å². The summed E-state index contributed by atoms with van der Waals surface area (Å²) >= 11 is 0. The molecule has 4 rings (SSSR count). The molecule has 0 radical (unpaired) electrons. The number of ether oxygens (including phenoxy) is 1. The number of aromatic amines is 1. The Morgan fingerprint density at radius 3 is 2.69 bits per heavy atom. The second kappa shape index (κ2) is 7.08. The molecule has 0 atom stereocenters. The van der Waals surface area contributed by atoms with Crippen LogP contribution in [0.2, 0.25) is 0 Å². The van der Waals surface area contributed by atoms with Gasteiger partial charge in [0.25, 0.3) is 11.5 Å². The van der Waals surface area contributed by atoms with Gasteiger partial charge >= 0.3 is 5.97 Å². The number of esters is 1. The quantitative estimate of drug-likeness (QED) is 0.499.